The molecule has 1 aliphatic rings. The lowest BCUT2D eigenvalue weighted by Gasteiger charge is -2.22. The fourth-order valence-corrected chi connectivity index (χ4v) is 2.18. The molecular weight excluding hydrogens is 254 g/mol. The molecule has 0 unspecified atom stereocenters. The topological polar surface area (TPSA) is 73.2 Å². The Balaban J connectivity index is 2.35. The van der Waals surface area contributed by atoms with Crippen molar-refractivity contribution >= 4 is 11.9 Å². The second kappa shape index (κ2) is 4.82. The Morgan fingerprint density at radius 1 is 1.40 bits per heavy atom. The number of amides is 3. The number of carbonyl (C=O) groups is 2. The zero-order valence-corrected chi connectivity index (χ0v) is 11.4. The molecule has 3 amide bonds. The van der Waals surface area contributed by atoms with E-state index in [4.69, 9.17) is 5.26 Å². The monoisotopic (exact) mass is 269 g/mol. The Morgan fingerprint density at radius 3 is 2.50 bits per heavy atom. The molecular formula is C15H15N3O2. The number of hydrogen-bond donors (Lipinski definition) is 1. The second-order valence-corrected chi connectivity index (χ2v) is 5.09. The smallest absolute Gasteiger partial charge is 0.319 e. The minimum absolute atomic E-state index is 0.205. The first-order chi connectivity index (χ1) is 9.38. The zero-order valence-electron chi connectivity index (χ0n) is 11.4. The standard InChI is InChI=1S/C15H15N3O2/c1-10(2)9-18-13(19)15(3,17-14(18)20)12-6-4-11(8-16)5-7-12/h4-7H,1,9H2,2-3H3,(H,17,20)/t15-/m1/s1. The fourth-order valence-electron chi connectivity index (χ4n) is 2.18. The maximum Gasteiger partial charge on any atom is 0.325 e. The van der Waals surface area contributed by atoms with Crippen LogP contribution >= 0.6 is 0 Å². The number of nitrogens with one attached hydrogen (secondary N) is 1. The van der Waals surface area contributed by atoms with Crippen LogP contribution in [-0.4, -0.2) is 23.4 Å². The van der Waals surface area contributed by atoms with E-state index in [1.807, 2.05) is 6.07 Å². The van der Waals surface area contributed by atoms with Gasteiger partial charge in [-0.2, -0.15) is 5.26 Å². The lowest BCUT2D eigenvalue weighted by atomic mass is 9.91. The maximum atomic E-state index is 12.5. The van der Waals surface area contributed by atoms with Gasteiger partial charge in [-0.25, -0.2) is 4.79 Å². The molecule has 0 spiro atoms. The summed E-state index contributed by atoms with van der Waals surface area (Å²) in [6.45, 7) is 7.35. The molecule has 1 aliphatic heterocycles. The predicted octanol–water partition coefficient (Wildman–Crippen LogP) is 1.90. The Kier molecular flexibility index (Phi) is 3.33. The highest BCUT2D eigenvalue weighted by molar-refractivity contribution is 6.07. The SMILES string of the molecule is C=C(C)CN1C(=O)N[C@](C)(c2ccc(C#N)cc2)C1=O. The highest BCUT2D eigenvalue weighted by Gasteiger charge is 2.48. The molecule has 5 nitrogen and oxygen atoms in total. The number of imide groups is 1. The summed E-state index contributed by atoms with van der Waals surface area (Å²) in [5.41, 5.74) is 0.796. The Labute approximate surface area is 117 Å². The van der Waals surface area contributed by atoms with Gasteiger partial charge < -0.3 is 5.32 Å². The van der Waals surface area contributed by atoms with Crippen molar-refractivity contribution in [3.8, 4) is 6.07 Å². The first-order valence-electron chi connectivity index (χ1n) is 6.17. The van der Waals surface area contributed by atoms with Gasteiger partial charge in [0.1, 0.15) is 5.54 Å². The zero-order chi connectivity index (χ0) is 14.9. The third kappa shape index (κ3) is 2.16. The van der Waals surface area contributed by atoms with E-state index in [0.29, 0.717) is 11.1 Å². The van der Waals surface area contributed by atoms with E-state index in [2.05, 4.69) is 11.9 Å². The summed E-state index contributed by atoms with van der Waals surface area (Å²) in [6, 6.07) is 8.21. The fraction of sp³-hybridized carbons (Fsp3) is 0.267. The lowest BCUT2D eigenvalue weighted by molar-refractivity contribution is -0.130. The molecule has 102 valence electrons. The number of benzene rings is 1. The van der Waals surface area contributed by atoms with Crippen molar-refractivity contribution in [2.45, 2.75) is 19.4 Å². The molecule has 0 saturated carbocycles. The quantitative estimate of drug-likeness (QED) is 0.672. The lowest BCUT2D eigenvalue weighted by Crippen LogP contribution is -2.41. The molecule has 0 bridgehead atoms. The molecule has 1 aromatic carbocycles. The average Bonchev–Trinajstić information content (AvgIpc) is 2.63. The first kappa shape index (κ1) is 13.8. The van der Waals surface area contributed by atoms with E-state index >= 15 is 0 Å². The molecule has 0 aromatic heterocycles. The predicted molar refractivity (Wildman–Crippen MR) is 73.6 cm³/mol. The Morgan fingerprint density at radius 2 is 2.00 bits per heavy atom. The van der Waals surface area contributed by atoms with Crippen LogP contribution in [0.5, 0.6) is 0 Å². The normalized spacial score (nSPS) is 21.6. The van der Waals surface area contributed by atoms with Crippen molar-refractivity contribution in [3.63, 3.8) is 0 Å². The van der Waals surface area contributed by atoms with Crippen molar-refractivity contribution in [1.29, 1.82) is 5.26 Å². The number of nitriles is 1. The van der Waals surface area contributed by atoms with E-state index in [0.717, 1.165) is 10.5 Å². The summed E-state index contributed by atoms with van der Waals surface area (Å²) in [7, 11) is 0. The summed E-state index contributed by atoms with van der Waals surface area (Å²) in [4.78, 5) is 25.6. The van der Waals surface area contributed by atoms with Gasteiger partial charge >= 0.3 is 6.03 Å². The summed E-state index contributed by atoms with van der Waals surface area (Å²) in [6.07, 6.45) is 0. The number of urea groups is 1. The molecule has 0 radical (unpaired) electrons. The van der Waals surface area contributed by atoms with Gasteiger partial charge in [-0.15, -0.1) is 0 Å². The largest absolute Gasteiger partial charge is 0.325 e. The van der Waals surface area contributed by atoms with Crippen LogP contribution < -0.4 is 5.32 Å². The number of carbonyl (C=O) groups excluding carboxylic acids is 2. The minimum Gasteiger partial charge on any atom is -0.319 e. The minimum atomic E-state index is -1.10. The van der Waals surface area contributed by atoms with Crippen LogP contribution in [0, 0.1) is 11.3 Å². The van der Waals surface area contributed by atoms with Gasteiger partial charge in [0.05, 0.1) is 18.2 Å². The van der Waals surface area contributed by atoms with E-state index in [-0.39, 0.29) is 12.5 Å². The molecule has 1 saturated heterocycles. The summed E-state index contributed by atoms with van der Waals surface area (Å²) >= 11 is 0. The van der Waals surface area contributed by atoms with Gasteiger partial charge in [-0.05, 0) is 31.5 Å². The van der Waals surface area contributed by atoms with Crippen LogP contribution in [0.1, 0.15) is 25.0 Å². The van der Waals surface area contributed by atoms with Crippen molar-refractivity contribution in [2.24, 2.45) is 0 Å². The highest BCUT2D eigenvalue weighted by atomic mass is 16.2. The van der Waals surface area contributed by atoms with Crippen LogP contribution in [0.25, 0.3) is 0 Å². The molecule has 0 aliphatic carbocycles. The maximum absolute atomic E-state index is 12.5. The Hall–Kier alpha value is -2.61. The number of nitrogens with zero attached hydrogens (tertiary/aromatic N) is 2. The summed E-state index contributed by atoms with van der Waals surface area (Å²) < 4.78 is 0. The first-order valence-corrected chi connectivity index (χ1v) is 6.17. The molecule has 1 N–H and O–H groups in total. The highest BCUT2D eigenvalue weighted by Crippen LogP contribution is 2.29. The Bertz CT molecular complexity index is 628. The molecule has 2 rings (SSSR count). The molecule has 1 aromatic rings. The van der Waals surface area contributed by atoms with Crippen LogP contribution in [0.15, 0.2) is 36.4 Å². The molecule has 1 fully saturated rings. The summed E-state index contributed by atoms with van der Waals surface area (Å²) in [5, 5.41) is 11.5. The second-order valence-electron chi connectivity index (χ2n) is 5.09. The van der Waals surface area contributed by atoms with Crippen LogP contribution in [0.4, 0.5) is 4.79 Å². The van der Waals surface area contributed by atoms with Crippen LogP contribution in [-0.2, 0) is 10.3 Å². The molecule has 5 heteroatoms. The van der Waals surface area contributed by atoms with E-state index in [9.17, 15) is 9.59 Å². The third-order valence-corrected chi connectivity index (χ3v) is 3.29. The van der Waals surface area contributed by atoms with Gasteiger partial charge in [-0.3, -0.25) is 9.69 Å². The van der Waals surface area contributed by atoms with E-state index in [1.54, 1.807) is 38.1 Å². The van der Waals surface area contributed by atoms with Crippen molar-refractivity contribution in [1.82, 2.24) is 10.2 Å². The van der Waals surface area contributed by atoms with Gasteiger partial charge in [0, 0.05) is 0 Å². The number of hydrogen-bond acceptors (Lipinski definition) is 3. The van der Waals surface area contributed by atoms with E-state index < -0.39 is 11.6 Å². The van der Waals surface area contributed by atoms with Crippen molar-refractivity contribution in [3.05, 3.63) is 47.5 Å². The van der Waals surface area contributed by atoms with Gasteiger partial charge in [-0.1, -0.05) is 24.3 Å². The number of rotatable bonds is 3. The van der Waals surface area contributed by atoms with Gasteiger partial charge in [0.15, 0.2) is 0 Å². The van der Waals surface area contributed by atoms with Crippen LogP contribution in [0.3, 0.4) is 0 Å². The molecule has 1 heterocycles. The molecule has 1 atom stereocenters. The van der Waals surface area contributed by atoms with Crippen LogP contribution in [0.2, 0.25) is 0 Å². The van der Waals surface area contributed by atoms with Gasteiger partial charge in [0.2, 0.25) is 0 Å². The van der Waals surface area contributed by atoms with Crippen molar-refractivity contribution < 1.29 is 9.59 Å². The summed E-state index contributed by atoms with van der Waals surface area (Å²) in [5.74, 6) is -0.310. The van der Waals surface area contributed by atoms with E-state index in [1.165, 1.54) is 0 Å². The molecule has 20 heavy (non-hydrogen) atoms. The van der Waals surface area contributed by atoms with Crippen molar-refractivity contribution in [2.75, 3.05) is 6.54 Å². The van der Waals surface area contributed by atoms with Gasteiger partial charge in [0.25, 0.3) is 5.91 Å². The average molecular weight is 269 g/mol. The third-order valence-electron chi connectivity index (χ3n) is 3.29.